The second kappa shape index (κ2) is 10.1. The van der Waals surface area contributed by atoms with E-state index in [1.807, 2.05) is 0 Å². The fourth-order valence-corrected chi connectivity index (χ4v) is 3.34. The normalized spacial score (nSPS) is 12.0. The topological polar surface area (TPSA) is 78.3 Å². The number of halogens is 1. The monoisotopic (exact) mass is 424 g/mol. The summed E-state index contributed by atoms with van der Waals surface area (Å²) in [6, 6.07) is 11.7. The van der Waals surface area contributed by atoms with Gasteiger partial charge in [-0.2, -0.15) is 5.10 Å². The number of nitrogens with zero attached hydrogens (tertiary/aromatic N) is 2. The Balaban J connectivity index is 1.86. The summed E-state index contributed by atoms with van der Waals surface area (Å²) in [6.45, 7) is 3.95. The second-order valence-corrected chi connectivity index (χ2v) is 7.40. The lowest BCUT2D eigenvalue weighted by Crippen LogP contribution is -2.29. The molecular formula is C24H25FN2O4. The van der Waals surface area contributed by atoms with Gasteiger partial charge in [0, 0.05) is 17.5 Å². The Morgan fingerprint density at radius 1 is 1.03 bits per heavy atom. The Labute approximate surface area is 179 Å². The summed E-state index contributed by atoms with van der Waals surface area (Å²) in [5.74, 6) is -1.70. The highest BCUT2D eigenvalue weighted by Crippen LogP contribution is 2.17. The van der Waals surface area contributed by atoms with E-state index in [9.17, 15) is 18.8 Å². The molecule has 31 heavy (non-hydrogen) atoms. The summed E-state index contributed by atoms with van der Waals surface area (Å²) in [5, 5.41) is 5.01. The SMILES string of the molecule is CCCCCCn1nc(C(=O)OC(C)C(=O)c2ccc(F)cc2)c2ccccc2c1=O. The molecule has 0 spiro atoms. The van der Waals surface area contributed by atoms with Gasteiger partial charge in [0.15, 0.2) is 11.8 Å². The number of esters is 1. The van der Waals surface area contributed by atoms with Crippen LogP contribution in [0.2, 0.25) is 0 Å². The van der Waals surface area contributed by atoms with E-state index >= 15 is 0 Å². The Morgan fingerprint density at radius 3 is 2.39 bits per heavy atom. The van der Waals surface area contributed by atoms with Crippen molar-refractivity contribution in [2.75, 3.05) is 0 Å². The lowest BCUT2D eigenvalue weighted by Gasteiger charge is -2.14. The van der Waals surface area contributed by atoms with E-state index in [-0.39, 0.29) is 16.8 Å². The molecule has 1 heterocycles. The highest BCUT2D eigenvalue weighted by Gasteiger charge is 2.24. The molecule has 0 radical (unpaired) electrons. The fourth-order valence-electron chi connectivity index (χ4n) is 3.34. The fraction of sp³-hybridized carbons (Fsp3) is 0.333. The van der Waals surface area contributed by atoms with Crippen molar-refractivity contribution in [3.63, 3.8) is 0 Å². The minimum absolute atomic E-state index is 0.00977. The largest absolute Gasteiger partial charge is 0.449 e. The summed E-state index contributed by atoms with van der Waals surface area (Å²) in [4.78, 5) is 38.2. The highest BCUT2D eigenvalue weighted by atomic mass is 19.1. The number of carbonyl (C=O) groups excluding carboxylic acids is 2. The molecule has 7 heteroatoms. The van der Waals surface area contributed by atoms with Crippen molar-refractivity contribution in [2.45, 2.75) is 52.2 Å². The third kappa shape index (κ3) is 5.23. The molecule has 3 rings (SSSR count). The van der Waals surface area contributed by atoms with E-state index in [4.69, 9.17) is 4.74 Å². The molecule has 0 aliphatic carbocycles. The van der Waals surface area contributed by atoms with Crippen molar-refractivity contribution >= 4 is 22.5 Å². The minimum atomic E-state index is -1.09. The number of carbonyl (C=O) groups is 2. The molecule has 0 amide bonds. The van der Waals surface area contributed by atoms with Gasteiger partial charge in [-0.1, -0.05) is 44.4 Å². The summed E-state index contributed by atoms with van der Waals surface area (Å²) < 4.78 is 19.8. The molecule has 162 valence electrons. The van der Waals surface area contributed by atoms with E-state index < -0.39 is 23.7 Å². The molecule has 0 saturated heterocycles. The van der Waals surface area contributed by atoms with E-state index in [0.29, 0.717) is 17.3 Å². The molecule has 0 N–H and O–H groups in total. The maximum Gasteiger partial charge on any atom is 0.360 e. The first kappa shape index (κ1) is 22.3. The Kier molecular flexibility index (Phi) is 7.28. The molecule has 1 unspecified atom stereocenters. The second-order valence-electron chi connectivity index (χ2n) is 7.40. The molecule has 2 aromatic carbocycles. The van der Waals surface area contributed by atoms with Gasteiger partial charge >= 0.3 is 5.97 Å². The van der Waals surface area contributed by atoms with Crippen LogP contribution in [0.4, 0.5) is 4.39 Å². The van der Waals surface area contributed by atoms with Crippen molar-refractivity contribution in [3.05, 3.63) is 76.0 Å². The molecule has 0 bridgehead atoms. The van der Waals surface area contributed by atoms with Gasteiger partial charge in [-0.3, -0.25) is 9.59 Å². The average Bonchev–Trinajstić information content (AvgIpc) is 2.78. The zero-order chi connectivity index (χ0) is 22.4. The van der Waals surface area contributed by atoms with Crippen LogP contribution < -0.4 is 5.56 Å². The first-order valence-electron chi connectivity index (χ1n) is 10.4. The van der Waals surface area contributed by atoms with Gasteiger partial charge in [-0.25, -0.2) is 13.9 Å². The van der Waals surface area contributed by atoms with E-state index in [1.54, 1.807) is 24.3 Å². The molecule has 0 saturated carbocycles. The van der Waals surface area contributed by atoms with Crippen LogP contribution in [0.25, 0.3) is 10.8 Å². The molecule has 6 nitrogen and oxygen atoms in total. The molecule has 0 aliphatic rings. The third-order valence-corrected chi connectivity index (χ3v) is 5.07. The van der Waals surface area contributed by atoms with Crippen LogP contribution in [-0.2, 0) is 11.3 Å². The first-order valence-corrected chi connectivity index (χ1v) is 10.4. The number of ether oxygens (including phenoxy) is 1. The summed E-state index contributed by atoms with van der Waals surface area (Å²) >= 11 is 0. The predicted octanol–water partition coefficient (Wildman–Crippen LogP) is 4.54. The van der Waals surface area contributed by atoms with Crippen LogP contribution in [-0.4, -0.2) is 27.6 Å². The molecule has 1 atom stereocenters. The number of rotatable bonds is 9. The first-order chi connectivity index (χ1) is 14.9. The summed E-state index contributed by atoms with van der Waals surface area (Å²) in [6.07, 6.45) is 2.76. The number of fused-ring (bicyclic) bond motifs is 1. The van der Waals surface area contributed by atoms with Gasteiger partial charge in [0.05, 0.1) is 5.39 Å². The summed E-state index contributed by atoms with van der Waals surface area (Å²) in [5.41, 5.74) is -0.0380. The maximum atomic E-state index is 13.1. The van der Waals surface area contributed by atoms with Crippen LogP contribution in [0.15, 0.2) is 53.3 Å². The van der Waals surface area contributed by atoms with Crippen LogP contribution in [0.1, 0.15) is 60.4 Å². The molecule has 1 aromatic heterocycles. The zero-order valence-corrected chi connectivity index (χ0v) is 17.6. The van der Waals surface area contributed by atoms with E-state index in [0.717, 1.165) is 25.7 Å². The number of unbranched alkanes of at least 4 members (excludes halogenated alkanes) is 3. The highest BCUT2D eigenvalue weighted by molar-refractivity contribution is 6.05. The smallest absolute Gasteiger partial charge is 0.360 e. The van der Waals surface area contributed by atoms with E-state index in [1.165, 1.54) is 35.9 Å². The van der Waals surface area contributed by atoms with Crippen molar-refractivity contribution in [1.82, 2.24) is 9.78 Å². The minimum Gasteiger partial charge on any atom is -0.449 e. The number of Topliss-reactive ketones (excluding diaryl/α,β-unsaturated/α-hetero) is 1. The number of benzene rings is 2. The molecular weight excluding hydrogens is 399 g/mol. The number of hydrogen-bond acceptors (Lipinski definition) is 5. The van der Waals surface area contributed by atoms with Crippen LogP contribution in [0.3, 0.4) is 0 Å². The quantitative estimate of drug-likeness (QED) is 0.286. The number of aromatic nitrogens is 2. The number of hydrogen-bond donors (Lipinski definition) is 0. The van der Waals surface area contributed by atoms with Gasteiger partial charge in [0.1, 0.15) is 5.82 Å². The average molecular weight is 424 g/mol. The Bertz CT molecular complexity index is 1140. The number of aryl methyl sites for hydroxylation is 1. The van der Waals surface area contributed by atoms with Gasteiger partial charge in [-0.05, 0) is 43.7 Å². The predicted molar refractivity (Wildman–Crippen MR) is 116 cm³/mol. The Hall–Kier alpha value is -3.35. The van der Waals surface area contributed by atoms with Gasteiger partial charge < -0.3 is 4.74 Å². The maximum absolute atomic E-state index is 13.1. The third-order valence-electron chi connectivity index (χ3n) is 5.07. The Morgan fingerprint density at radius 2 is 1.71 bits per heavy atom. The van der Waals surface area contributed by atoms with Gasteiger partial charge in [0.2, 0.25) is 5.78 Å². The lowest BCUT2D eigenvalue weighted by atomic mass is 10.1. The van der Waals surface area contributed by atoms with Crippen molar-refractivity contribution < 1.29 is 18.7 Å². The van der Waals surface area contributed by atoms with Crippen molar-refractivity contribution in [1.29, 1.82) is 0 Å². The van der Waals surface area contributed by atoms with Gasteiger partial charge in [0.25, 0.3) is 5.56 Å². The van der Waals surface area contributed by atoms with Crippen molar-refractivity contribution in [2.24, 2.45) is 0 Å². The molecule has 0 aliphatic heterocycles. The van der Waals surface area contributed by atoms with Crippen LogP contribution in [0, 0.1) is 5.82 Å². The van der Waals surface area contributed by atoms with E-state index in [2.05, 4.69) is 12.0 Å². The zero-order valence-electron chi connectivity index (χ0n) is 17.6. The lowest BCUT2D eigenvalue weighted by molar-refractivity contribution is 0.0312. The van der Waals surface area contributed by atoms with Gasteiger partial charge in [-0.15, -0.1) is 0 Å². The van der Waals surface area contributed by atoms with Crippen molar-refractivity contribution in [3.8, 4) is 0 Å². The number of ketones is 1. The van der Waals surface area contributed by atoms with Crippen LogP contribution >= 0.6 is 0 Å². The van der Waals surface area contributed by atoms with Crippen LogP contribution in [0.5, 0.6) is 0 Å². The molecule has 3 aromatic rings. The molecule has 0 fully saturated rings. The standard InChI is InChI=1S/C24H25FN2O4/c1-3-4-5-8-15-27-23(29)20-10-7-6-9-19(20)21(26-27)24(30)31-16(2)22(28)17-11-13-18(25)14-12-17/h6-7,9-14,16H,3-5,8,15H2,1-2H3. The summed E-state index contributed by atoms with van der Waals surface area (Å²) in [7, 11) is 0.